The lowest BCUT2D eigenvalue weighted by Crippen LogP contribution is -2.60. The van der Waals surface area contributed by atoms with E-state index in [0.717, 1.165) is 58.9 Å². The highest BCUT2D eigenvalue weighted by Gasteiger charge is 2.48. The molecule has 2 unspecified atom stereocenters. The fourth-order valence-corrected chi connectivity index (χ4v) is 9.18. The first kappa shape index (κ1) is 47.5. The monoisotopic (exact) mass is 924 g/mol. The lowest BCUT2D eigenvalue weighted by molar-refractivity contribution is -0.144. The smallest absolute Gasteiger partial charge is 0.407 e. The van der Waals surface area contributed by atoms with Crippen molar-refractivity contribution in [1.82, 2.24) is 50.6 Å². The van der Waals surface area contributed by atoms with Crippen molar-refractivity contribution in [2.75, 3.05) is 25.6 Å². The molecule has 2 aromatic carbocycles. The van der Waals surface area contributed by atoms with Crippen LogP contribution in [0.25, 0.3) is 0 Å². The Bertz CT molecular complexity index is 2330. The van der Waals surface area contributed by atoms with Gasteiger partial charge in [0.05, 0.1) is 47.6 Å². The van der Waals surface area contributed by atoms with E-state index in [1.54, 1.807) is 41.5 Å². The van der Waals surface area contributed by atoms with E-state index in [1.807, 2.05) is 9.80 Å². The zero-order chi connectivity index (χ0) is 48.2. The first-order chi connectivity index (χ1) is 30.9. The van der Waals surface area contributed by atoms with Gasteiger partial charge in [0.1, 0.15) is 46.1 Å². The number of nitrogen functional groups attached to an aromatic ring is 2. The minimum atomic E-state index is -0.913. The third-order valence-corrected chi connectivity index (χ3v) is 12.1. The Balaban J connectivity index is 0.000000196. The average Bonchev–Trinajstić information content (AvgIpc) is 4.00. The molecule has 22 heteroatoms. The second kappa shape index (κ2) is 18.1. The van der Waals surface area contributed by atoms with E-state index in [2.05, 4.69) is 31.0 Å². The molecule has 4 aliphatic rings. The summed E-state index contributed by atoms with van der Waals surface area (Å²) in [5, 5.41) is 19.3. The molecule has 2 saturated heterocycles. The number of likely N-dealkylation sites (N-methyl/N-ethyl adjacent to an activating group) is 2. The maximum Gasteiger partial charge on any atom is 0.407 e. The van der Waals surface area contributed by atoms with Gasteiger partial charge in [-0.2, -0.15) is 10.2 Å². The summed E-state index contributed by atoms with van der Waals surface area (Å²) in [7, 11) is 3.05. The Morgan fingerprint density at radius 2 is 1.02 bits per heavy atom. The summed E-state index contributed by atoms with van der Waals surface area (Å²) >= 11 is 0. The Kier molecular flexibility index (Phi) is 13.0. The van der Waals surface area contributed by atoms with Crippen molar-refractivity contribution < 1.29 is 46.2 Å². The summed E-state index contributed by atoms with van der Waals surface area (Å²) in [6.45, 7) is 12.1. The molecule has 0 spiro atoms. The molecule has 0 bridgehead atoms. The number of hydrogen-bond donors (Lipinski definition) is 6. The number of nitrogens with two attached hydrogens (primary N) is 2. The van der Waals surface area contributed by atoms with Crippen molar-refractivity contribution in [2.24, 2.45) is 0 Å². The molecular weight excluding hydrogens is 869 g/mol. The predicted octanol–water partition coefficient (Wildman–Crippen LogP) is 4.90. The summed E-state index contributed by atoms with van der Waals surface area (Å²) in [5.41, 5.74) is 13.6. The van der Waals surface area contributed by atoms with Crippen molar-refractivity contribution in [3.63, 3.8) is 0 Å². The van der Waals surface area contributed by atoms with Crippen molar-refractivity contribution in [3.8, 4) is 0 Å². The number of nitrogens with zero attached hydrogens (tertiary/aromatic N) is 6. The van der Waals surface area contributed by atoms with Crippen LogP contribution in [0.4, 0.5) is 38.8 Å². The number of anilines is 2. The normalized spacial score (nSPS) is 23.5. The summed E-state index contributed by atoms with van der Waals surface area (Å²) in [6.07, 6.45) is -1.03. The minimum absolute atomic E-state index is 0.00885. The van der Waals surface area contributed by atoms with E-state index >= 15 is 0 Å². The first-order valence-electron chi connectivity index (χ1n) is 21.4. The predicted molar refractivity (Wildman–Crippen MR) is 231 cm³/mol. The number of H-pyrrole nitrogens is 2. The maximum absolute atomic E-state index is 14.7. The van der Waals surface area contributed by atoms with Crippen LogP contribution >= 0.6 is 0 Å². The number of ether oxygens (including phenoxy) is 2. The first-order valence-corrected chi connectivity index (χ1v) is 21.4. The Labute approximate surface area is 378 Å². The molecule has 2 fully saturated rings. The number of halogens is 4. The fraction of sp³-hybridized carbons (Fsp3) is 0.500. The summed E-state index contributed by atoms with van der Waals surface area (Å²) in [6, 6.07) is 1.68. The molecule has 66 heavy (non-hydrogen) atoms. The lowest BCUT2D eigenvalue weighted by atomic mass is 9.87. The Morgan fingerprint density at radius 3 is 1.35 bits per heavy atom. The van der Waals surface area contributed by atoms with Crippen LogP contribution in [0.3, 0.4) is 0 Å². The third kappa shape index (κ3) is 10.0. The highest BCUT2D eigenvalue weighted by molar-refractivity contribution is 5.85. The molecule has 8 rings (SSSR count). The minimum Gasteiger partial charge on any atom is -0.444 e. The number of carbonyl (C=O) groups is 4. The molecule has 18 nitrogen and oxygen atoms in total. The van der Waals surface area contributed by atoms with Crippen LogP contribution in [0.15, 0.2) is 36.4 Å². The molecule has 0 saturated carbocycles. The second-order valence-electron chi connectivity index (χ2n) is 19.1. The SMILES string of the molecule is CN1C(=O)[C@@H](N2Cc3[nH]nc(N)c3C2)C[C@H](NC(=O)OC(C)(C)C)C1c1cc(F)ccc1F.CN1C(=O)[C@H](N2Cc3[nH]nc(N)c3C2)C[C@H](NC(=O)OC(C)(C)C)C1c1cc(F)ccc1F. The molecule has 6 atom stereocenters. The Morgan fingerprint density at radius 1 is 0.652 bits per heavy atom. The number of amides is 4. The maximum atomic E-state index is 14.7. The number of alkyl carbamates (subject to hydrolysis) is 2. The van der Waals surface area contributed by atoms with E-state index in [1.165, 1.54) is 23.9 Å². The van der Waals surface area contributed by atoms with Crippen molar-refractivity contribution in [3.05, 3.63) is 93.3 Å². The van der Waals surface area contributed by atoms with E-state index in [0.29, 0.717) is 37.8 Å². The van der Waals surface area contributed by atoms with Crippen molar-refractivity contribution in [1.29, 1.82) is 0 Å². The van der Waals surface area contributed by atoms with Gasteiger partial charge >= 0.3 is 12.2 Å². The summed E-state index contributed by atoms with van der Waals surface area (Å²) in [4.78, 5) is 58.6. The van der Waals surface area contributed by atoms with E-state index in [-0.39, 0.29) is 35.8 Å². The second-order valence-corrected chi connectivity index (χ2v) is 19.1. The van der Waals surface area contributed by atoms with E-state index in [4.69, 9.17) is 20.9 Å². The number of piperidine rings is 2. The van der Waals surface area contributed by atoms with E-state index in [9.17, 15) is 36.7 Å². The van der Waals surface area contributed by atoms with Gasteiger partial charge in [-0.25, -0.2) is 27.2 Å². The van der Waals surface area contributed by atoms with Gasteiger partial charge in [-0.3, -0.25) is 29.6 Å². The van der Waals surface area contributed by atoms with Crippen LogP contribution in [-0.4, -0.2) is 113 Å². The van der Waals surface area contributed by atoms with Crippen molar-refractivity contribution in [2.45, 2.75) is 128 Å². The third-order valence-electron chi connectivity index (χ3n) is 12.1. The molecule has 4 aliphatic heterocycles. The van der Waals surface area contributed by atoms with Gasteiger partial charge in [0, 0.05) is 62.5 Å². The van der Waals surface area contributed by atoms with Crippen LogP contribution in [0.2, 0.25) is 0 Å². The van der Waals surface area contributed by atoms with Gasteiger partial charge in [-0.1, -0.05) is 0 Å². The van der Waals surface area contributed by atoms with Crippen molar-refractivity contribution >= 4 is 35.6 Å². The number of carbonyl (C=O) groups excluding carboxylic acids is 4. The molecule has 356 valence electrons. The van der Waals surface area contributed by atoms with Crippen LogP contribution in [-0.2, 0) is 45.2 Å². The fourth-order valence-electron chi connectivity index (χ4n) is 9.18. The largest absolute Gasteiger partial charge is 0.444 e. The van der Waals surface area contributed by atoms with Gasteiger partial charge in [0.25, 0.3) is 0 Å². The number of likely N-dealkylation sites (tertiary alicyclic amines) is 2. The number of rotatable bonds is 6. The quantitative estimate of drug-likeness (QED) is 0.142. The topological polar surface area (TPSA) is 233 Å². The molecule has 0 aliphatic carbocycles. The highest BCUT2D eigenvalue weighted by Crippen LogP contribution is 2.39. The van der Waals surface area contributed by atoms with E-state index < -0.39 is 82.9 Å². The number of nitrogens with one attached hydrogen (secondary N) is 4. The standard InChI is InChI=1S/2C22H28F2N6O3/c2*1-22(2,3)33-21(32)26-15-8-17(30-9-13-16(10-30)27-28-19(13)25)20(31)29(4)18(15)12-7-11(23)5-6-14(12)24/h2*5-7,15,17-18H,8-10H2,1-4H3,(H,26,32)(H3,25,27,28)/t15-,17+,18?;15-,17-,18?/m00/s1. The van der Waals surface area contributed by atoms with Crippen LogP contribution in [0, 0.1) is 23.3 Å². The van der Waals surface area contributed by atoms with Gasteiger partial charge in [-0.05, 0) is 90.8 Å². The van der Waals surface area contributed by atoms with Crippen LogP contribution < -0.4 is 22.1 Å². The molecular formula is C44H56F4N12O6. The van der Waals surface area contributed by atoms with Gasteiger partial charge < -0.3 is 41.4 Å². The van der Waals surface area contributed by atoms with Gasteiger partial charge in [0.15, 0.2) is 0 Å². The van der Waals surface area contributed by atoms with Gasteiger partial charge in [0.2, 0.25) is 11.8 Å². The summed E-state index contributed by atoms with van der Waals surface area (Å²) < 4.78 is 68.3. The zero-order valence-corrected chi connectivity index (χ0v) is 38.0. The summed E-state index contributed by atoms with van der Waals surface area (Å²) in [5.74, 6) is -2.35. The molecule has 4 aromatic rings. The Hall–Kier alpha value is -6.42. The molecule has 8 N–H and O–H groups in total. The highest BCUT2D eigenvalue weighted by atomic mass is 19.1. The number of fused-ring (bicyclic) bond motifs is 2. The van der Waals surface area contributed by atoms with Crippen LogP contribution in [0.5, 0.6) is 0 Å². The number of hydrogen-bond acceptors (Lipinski definition) is 12. The molecule has 4 amide bonds. The van der Waals surface area contributed by atoms with Gasteiger partial charge in [-0.15, -0.1) is 0 Å². The van der Waals surface area contributed by atoms with Crippen LogP contribution in [0.1, 0.15) is 100 Å². The lowest BCUT2D eigenvalue weighted by Gasteiger charge is -2.45. The molecule has 6 heterocycles. The number of benzene rings is 2. The number of aromatic amines is 2. The molecule has 2 aromatic heterocycles. The molecule has 0 radical (unpaired) electrons. The average molecular weight is 925 g/mol. The number of aromatic nitrogens is 4. The zero-order valence-electron chi connectivity index (χ0n) is 38.0.